The molecule has 14 nitrogen and oxygen atoms in total. The van der Waals surface area contributed by atoms with Crippen molar-refractivity contribution in [3.05, 3.63) is 82.7 Å². The lowest BCUT2D eigenvalue weighted by molar-refractivity contribution is -0.119. The SMILES string of the molecule is CCOC1=NN(c2ccc(S(=O)(=O)O)cc2)C(=O)C1C/C=C/C=C/c1c(OCC)[nH]n(-c2ccc(S(=O)(=O)O)cc2)c1=O. The first-order chi connectivity index (χ1) is 20.3. The number of rotatable bonds is 11. The van der Waals surface area contributed by atoms with E-state index in [4.69, 9.17) is 9.47 Å². The second-order valence-corrected chi connectivity index (χ2v) is 11.8. The van der Waals surface area contributed by atoms with Crippen LogP contribution < -0.4 is 15.3 Å². The summed E-state index contributed by atoms with van der Waals surface area (Å²) in [4.78, 5) is 25.6. The molecule has 1 aliphatic rings. The van der Waals surface area contributed by atoms with Gasteiger partial charge in [-0.25, -0.2) is 4.68 Å². The molecule has 0 aliphatic carbocycles. The lowest BCUT2D eigenvalue weighted by Crippen LogP contribution is -2.27. The number of allylic oxidation sites excluding steroid dienone is 3. The fourth-order valence-corrected chi connectivity index (χ4v) is 5.08. The van der Waals surface area contributed by atoms with Crippen LogP contribution in [0, 0.1) is 5.92 Å². The molecule has 43 heavy (non-hydrogen) atoms. The van der Waals surface area contributed by atoms with Crippen LogP contribution in [-0.2, 0) is 29.8 Å². The number of carbonyl (C=O) groups excluding carboxylic acids is 1. The van der Waals surface area contributed by atoms with Gasteiger partial charge < -0.3 is 9.47 Å². The van der Waals surface area contributed by atoms with E-state index >= 15 is 0 Å². The van der Waals surface area contributed by atoms with Gasteiger partial charge in [0.2, 0.25) is 11.8 Å². The first kappa shape index (κ1) is 31.4. The zero-order valence-corrected chi connectivity index (χ0v) is 24.6. The first-order valence-corrected chi connectivity index (χ1v) is 15.7. The monoisotopic (exact) mass is 632 g/mol. The molecule has 3 N–H and O–H groups in total. The van der Waals surface area contributed by atoms with Crippen molar-refractivity contribution in [2.75, 3.05) is 18.2 Å². The molecule has 0 saturated carbocycles. The Morgan fingerprint density at radius 2 is 1.42 bits per heavy atom. The number of ether oxygens (including phenoxy) is 2. The summed E-state index contributed by atoms with van der Waals surface area (Å²) in [5, 5.41) is 8.18. The van der Waals surface area contributed by atoms with Gasteiger partial charge in [0, 0.05) is 0 Å². The summed E-state index contributed by atoms with van der Waals surface area (Å²) < 4.78 is 75.9. The number of carbonyl (C=O) groups is 1. The summed E-state index contributed by atoms with van der Waals surface area (Å²) in [5.41, 5.74) is 0.326. The summed E-state index contributed by atoms with van der Waals surface area (Å²) in [6.45, 7) is 4.01. The molecule has 1 aliphatic heterocycles. The van der Waals surface area contributed by atoms with Crippen molar-refractivity contribution in [3.63, 3.8) is 0 Å². The highest BCUT2D eigenvalue weighted by Gasteiger charge is 2.37. The third-order valence-corrected chi connectivity index (χ3v) is 7.87. The summed E-state index contributed by atoms with van der Waals surface area (Å²) >= 11 is 0. The van der Waals surface area contributed by atoms with Gasteiger partial charge in [-0.2, -0.15) is 21.8 Å². The number of amides is 1. The third kappa shape index (κ3) is 7.11. The van der Waals surface area contributed by atoms with Gasteiger partial charge >= 0.3 is 0 Å². The molecule has 0 spiro atoms. The Labute approximate surface area is 247 Å². The summed E-state index contributed by atoms with van der Waals surface area (Å²) in [6, 6.07) is 10.0. The van der Waals surface area contributed by atoms with Crippen LogP contribution in [0.3, 0.4) is 0 Å². The number of aromatic nitrogens is 2. The van der Waals surface area contributed by atoms with E-state index in [-0.39, 0.29) is 46.8 Å². The first-order valence-electron chi connectivity index (χ1n) is 12.9. The fraction of sp³-hybridized carbons (Fsp3) is 0.222. The van der Waals surface area contributed by atoms with Crippen molar-refractivity contribution < 1.29 is 40.2 Å². The number of anilines is 1. The Morgan fingerprint density at radius 3 is 1.95 bits per heavy atom. The second-order valence-electron chi connectivity index (χ2n) is 8.96. The van der Waals surface area contributed by atoms with Crippen molar-refractivity contribution in [1.29, 1.82) is 0 Å². The average molecular weight is 633 g/mol. The number of hydrogen-bond donors (Lipinski definition) is 3. The lowest BCUT2D eigenvalue weighted by atomic mass is 10.0. The molecule has 1 aromatic heterocycles. The Morgan fingerprint density at radius 1 is 0.860 bits per heavy atom. The molecule has 0 saturated heterocycles. The number of aromatic amines is 1. The van der Waals surface area contributed by atoms with Crippen molar-refractivity contribution >= 4 is 43.8 Å². The summed E-state index contributed by atoms with van der Waals surface area (Å²) in [7, 11) is -8.78. The van der Waals surface area contributed by atoms with Gasteiger partial charge in [0.15, 0.2) is 0 Å². The number of hydrazone groups is 1. The maximum absolute atomic E-state index is 13.1. The largest absolute Gasteiger partial charge is 0.479 e. The van der Waals surface area contributed by atoms with Crippen molar-refractivity contribution in [1.82, 2.24) is 9.78 Å². The molecule has 2 heterocycles. The molecule has 16 heteroatoms. The Hall–Kier alpha value is -4.51. The van der Waals surface area contributed by atoms with E-state index in [1.165, 1.54) is 35.0 Å². The highest BCUT2D eigenvalue weighted by molar-refractivity contribution is 7.86. The molecule has 1 amide bonds. The summed E-state index contributed by atoms with van der Waals surface area (Å²) in [6.07, 6.45) is 6.63. The van der Waals surface area contributed by atoms with Crippen molar-refractivity contribution in [2.45, 2.75) is 30.1 Å². The smallest absolute Gasteiger partial charge is 0.294 e. The maximum atomic E-state index is 13.1. The average Bonchev–Trinajstić information content (AvgIpc) is 3.43. The van der Waals surface area contributed by atoms with Crippen LogP contribution in [-0.4, -0.2) is 60.7 Å². The van der Waals surface area contributed by atoms with Gasteiger partial charge in [-0.3, -0.25) is 23.8 Å². The molecule has 2 aromatic carbocycles. The molecular weight excluding hydrogens is 604 g/mol. The molecule has 1 atom stereocenters. The number of nitrogens with zero attached hydrogens (tertiary/aromatic N) is 3. The number of hydrogen-bond acceptors (Lipinski definition) is 9. The fourth-order valence-electron chi connectivity index (χ4n) is 4.12. The van der Waals surface area contributed by atoms with E-state index in [9.17, 15) is 35.5 Å². The maximum Gasteiger partial charge on any atom is 0.294 e. The van der Waals surface area contributed by atoms with Crippen LogP contribution in [0.1, 0.15) is 25.8 Å². The van der Waals surface area contributed by atoms with Gasteiger partial charge in [0.05, 0.1) is 34.4 Å². The molecular formula is C27H28N4O10S2. The van der Waals surface area contributed by atoms with Crippen LogP contribution in [0.25, 0.3) is 11.8 Å². The third-order valence-electron chi connectivity index (χ3n) is 6.13. The van der Waals surface area contributed by atoms with E-state index in [2.05, 4.69) is 10.2 Å². The quantitative estimate of drug-likeness (QED) is 0.209. The second kappa shape index (κ2) is 12.8. The van der Waals surface area contributed by atoms with Crippen LogP contribution in [0.2, 0.25) is 0 Å². The molecule has 0 bridgehead atoms. The molecule has 1 unspecified atom stereocenters. The highest BCUT2D eigenvalue weighted by atomic mass is 32.2. The van der Waals surface area contributed by atoms with E-state index in [0.717, 1.165) is 29.3 Å². The molecule has 0 radical (unpaired) electrons. The zero-order chi connectivity index (χ0) is 31.4. The van der Waals surface area contributed by atoms with Crippen LogP contribution in [0.4, 0.5) is 5.69 Å². The topological polar surface area (TPSA) is 198 Å². The number of H-pyrrole nitrogens is 1. The van der Waals surface area contributed by atoms with E-state index < -0.39 is 37.6 Å². The molecule has 0 fully saturated rings. The molecule has 3 aromatic rings. The van der Waals surface area contributed by atoms with Gasteiger partial charge in [-0.05, 0) is 74.9 Å². The molecule has 4 rings (SSSR count). The molecule has 228 valence electrons. The van der Waals surface area contributed by atoms with Gasteiger partial charge in [0.25, 0.3) is 31.7 Å². The highest BCUT2D eigenvalue weighted by Crippen LogP contribution is 2.28. The zero-order valence-electron chi connectivity index (χ0n) is 22.9. The van der Waals surface area contributed by atoms with Gasteiger partial charge in [-0.15, -0.1) is 5.10 Å². The van der Waals surface area contributed by atoms with Crippen LogP contribution in [0.5, 0.6) is 5.88 Å². The Kier molecular flexibility index (Phi) is 9.34. The minimum absolute atomic E-state index is 0.184. The number of benzene rings is 2. The predicted octanol–water partition coefficient (Wildman–Crippen LogP) is 3.03. The predicted molar refractivity (Wildman–Crippen MR) is 156 cm³/mol. The van der Waals surface area contributed by atoms with E-state index in [1.54, 1.807) is 32.1 Å². The van der Waals surface area contributed by atoms with Crippen molar-refractivity contribution in [2.24, 2.45) is 11.0 Å². The summed E-state index contributed by atoms with van der Waals surface area (Å²) in [5.74, 6) is -0.778. The van der Waals surface area contributed by atoms with E-state index in [0.29, 0.717) is 11.4 Å². The standard InChI is InChI=1S/C27H28N4O10S2/c1-3-40-24-22(26(32)30(28-24)18-10-14-20(15-11-18)42(34,35)36)8-6-5-7-9-23-25(41-4-2)29-31(27(23)33)19-12-16-21(17-13-19)43(37,38)39/h5-8,10-17,23,28H,3-4,9H2,1-2H3,(H,34,35,36)(H,37,38,39)/b7-5+,8-6+. The van der Waals surface area contributed by atoms with Crippen LogP contribution in [0.15, 0.2) is 86.4 Å². The normalized spacial score (nSPS) is 15.9. The van der Waals surface area contributed by atoms with Crippen LogP contribution >= 0.6 is 0 Å². The minimum Gasteiger partial charge on any atom is -0.479 e. The number of nitrogens with one attached hydrogen (secondary N) is 1. The lowest BCUT2D eigenvalue weighted by Gasteiger charge is -2.13. The van der Waals surface area contributed by atoms with Crippen molar-refractivity contribution in [3.8, 4) is 11.6 Å². The minimum atomic E-state index is -4.39. The van der Waals surface area contributed by atoms with Gasteiger partial charge in [-0.1, -0.05) is 18.2 Å². The van der Waals surface area contributed by atoms with E-state index in [1.807, 2.05) is 0 Å². The Balaban J connectivity index is 1.50. The Bertz CT molecular complexity index is 1860. The van der Waals surface area contributed by atoms with Gasteiger partial charge in [0.1, 0.15) is 11.5 Å².